The number of aromatic nitrogens is 1. The number of hydrogen-bond donors (Lipinski definition) is 1. The Kier molecular flexibility index (Phi) is 5.49. The molecule has 140 valence electrons. The summed E-state index contributed by atoms with van der Waals surface area (Å²) in [6.07, 6.45) is 3.49. The van der Waals surface area contributed by atoms with Crippen LogP contribution in [0.4, 0.5) is 0 Å². The number of phenolic OH excluding ortho intramolecular Hbond substituents is 1. The number of benzene rings is 1. The summed E-state index contributed by atoms with van der Waals surface area (Å²) in [6.45, 7) is 0.720. The van der Waals surface area contributed by atoms with Gasteiger partial charge in [0.15, 0.2) is 5.78 Å². The molecule has 0 saturated carbocycles. The van der Waals surface area contributed by atoms with Crippen LogP contribution in [-0.4, -0.2) is 57.6 Å². The molecule has 1 aromatic heterocycles. The van der Waals surface area contributed by atoms with Crippen LogP contribution in [0.15, 0.2) is 48.8 Å². The van der Waals surface area contributed by atoms with E-state index in [1.54, 1.807) is 24.3 Å². The summed E-state index contributed by atoms with van der Waals surface area (Å²) in [5, 5.41) is 9.29. The highest BCUT2D eigenvalue weighted by atomic mass is 16.3. The van der Waals surface area contributed by atoms with Gasteiger partial charge in [0.2, 0.25) is 11.8 Å². The molecule has 1 aromatic carbocycles. The van der Waals surface area contributed by atoms with Crippen molar-refractivity contribution < 1.29 is 19.5 Å². The van der Waals surface area contributed by atoms with Crippen LogP contribution in [0, 0.1) is 5.92 Å². The number of ketones is 1. The van der Waals surface area contributed by atoms with Crippen LogP contribution >= 0.6 is 0 Å². The van der Waals surface area contributed by atoms with Crippen molar-refractivity contribution in [2.75, 3.05) is 20.1 Å². The Morgan fingerprint density at radius 3 is 2.52 bits per heavy atom. The van der Waals surface area contributed by atoms with E-state index >= 15 is 0 Å². The number of aromatic hydroxyl groups is 1. The molecule has 0 bridgehead atoms. The highest BCUT2D eigenvalue weighted by Crippen LogP contribution is 2.22. The standard InChI is InChI=1S/C20H21N3O4/c1-22(13-18(25)15-2-4-17(24)5-3-15)20(27)16-10-19(26)23(12-16)11-14-6-8-21-9-7-14/h2-9,16,24H,10-13H2,1H3. The van der Waals surface area contributed by atoms with Gasteiger partial charge in [-0.05, 0) is 42.0 Å². The molecule has 2 amide bonds. The number of likely N-dealkylation sites (N-methyl/N-ethyl adjacent to an activating group) is 1. The lowest BCUT2D eigenvalue weighted by molar-refractivity contribution is -0.134. The zero-order valence-corrected chi connectivity index (χ0v) is 15.0. The van der Waals surface area contributed by atoms with Crippen LogP contribution in [0.25, 0.3) is 0 Å². The number of nitrogens with zero attached hydrogens (tertiary/aromatic N) is 3. The van der Waals surface area contributed by atoms with Gasteiger partial charge in [0.1, 0.15) is 5.75 Å². The van der Waals surface area contributed by atoms with Crippen molar-refractivity contribution >= 4 is 17.6 Å². The zero-order chi connectivity index (χ0) is 19.4. The molecule has 1 N–H and O–H groups in total. The SMILES string of the molecule is CN(CC(=O)c1ccc(O)cc1)C(=O)C1CC(=O)N(Cc2ccncc2)C1. The van der Waals surface area contributed by atoms with Crippen LogP contribution in [-0.2, 0) is 16.1 Å². The maximum atomic E-state index is 12.7. The Labute approximate surface area is 157 Å². The van der Waals surface area contributed by atoms with E-state index in [4.69, 9.17) is 0 Å². The molecule has 2 heterocycles. The minimum atomic E-state index is -0.447. The summed E-state index contributed by atoms with van der Waals surface area (Å²) in [5.74, 6) is -0.869. The van der Waals surface area contributed by atoms with Crippen LogP contribution in [0.3, 0.4) is 0 Å². The molecule has 0 spiro atoms. The lowest BCUT2D eigenvalue weighted by Crippen LogP contribution is -2.37. The lowest BCUT2D eigenvalue weighted by atomic mass is 10.1. The van der Waals surface area contributed by atoms with Crippen molar-refractivity contribution in [3.63, 3.8) is 0 Å². The van der Waals surface area contributed by atoms with Crippen molar-refractivity contribution in [1.29, 1.82) is 0 Å². The minimum Gasteiger partial charge on any atom is -0.508 e. The van der Waals surface area contributed by atoms with Crippen molar-refractivity contribution in [2.24, 2.45) is 5.92 Å². The fraction of sp³-hybridized carbons (Fsp3) is 0.300. The van der Waals surface area contributed by atoms with Crippen LogP contribution < -0.4 is 0 Å². The first kappa shape index (κ1) is 18.6. The quantitative estimate of drug-likeness (QED) is 0.781. The second kappa shape index (κ2) is 7.99. The van der Waals surface area contributed by atoms with E-state index in [-0.39, 0.29) is 36.3 Å². The number of likely N-dealkylation sites (tertiary alicyclic amines) is 1. The summed E-state index contributed by atoms with van der Waals surface area (Å²) in [5.41, 5.74) is 1.39. The first-order chi connectivity index (χ1) is 12.9. The largest absolute Gasteiger partial charge is 0.508 e. The number of Topliss-reactive ketones (excluding diaryl/α,β-unsaturated/α-hetero) is 1. The van der Waals surface area contributed by atoms with Gasteiger partial charge < -0.3 is 14.9 Å². The molecule has 7 nitrogen and oxygen atoms in total. The molecule has 0 radical (unpaired) electrons. The molecule has 1 fully saturated rings. The molecule has 1 atom stereocenters. The topological polar surface area (TPSA) is 90.8 Å². The molecule has 1 aliphatic rings. The average molecular weight is 367 g/mol. The van der Waals surface area contributed by atoms with Crippen LogP contribution in [0.5, 0.6) is 5.75 Å². The van der Waals surface area contributed by atoms with E-state index in [0.29, 0.717) is 18.7 Å². The smallest absolute Gasteiger partial charge is 0.228 e. The van der Waals surface area contributed by atoms with Gasteiger partial charge in [-0.25, -0.2) is 0 Å². The Morgan fingerprint density at radius 2 is 1.85 bits per heavy atom. The van der Waals surface area contributed by atoms with Gasteiger partial charge in [-0.15, -0.1) is 0 Å². The summed E-state index contributed by atoms with van der Waals surface area (Å²) >= 11 is 0. The summed E-state index contributed by atoms with van der Waals surface area (Å²) in [7, 11) is 1.57. The van der Waals surface area contributed by atoms with E-state index < -0.39 is 5.92 Å². The summed E-state index contributed by atoms with van der Waals surface area (Å²) < 4.78 is 0. The van der Waals surface area contributed by atoms with E-state index in [1.807, 2.05) is 12.1 Å². The third-order valence-corrected chi connectivity index (χ3v) is 4.63. The highest BCUT2D eigenvalue weighted by Gasteiger charge is 2.36. The van der Waals surface area contributed by atoms with Crippen molar-refractivity contribution in [3.8, 4) is 5.75 Å². The third kappa shape index (κ3) is 4.49. The fourth-order valence-corrected chi connectivity index (χ4v) is 3.14. The maximum absolute atomic E-state index is 12.7. The number of carbonyl (C=O) groups excluding carboxylic acids is 3. The number of hydrogen-bond acceptors (Lipinski definition) is 5. The van der Waals surface area contributed by atoms with Gasteiger partial charge in [-0.2, -0.15) is 0 Å². The molecule has 1 unspecified atom stereocenters. The molecule has 3 rings (SSSR count). The zero-order valence-electron chi connectivity index (χ0n) is 15.0. The first-order valence-electron chi connectivity index (χ1n) is 8.68. The van der Waals surface area contributed by atoms with Gasteiger partial charge in [-0.1, -0.05) is 0 Å². The average Bonchev–Trinajstić information content (AvgIpc) is 3.02. The number of amides is 2. The maximum Gasteiger partial charge on any atom is 0.228 e. The lowest BCUT2D eigenvalue weighted by Gasteiger charge is -2.21. The Balaban J connectivity index is 1.57. The molecule has 0 aliphatic carbocycles. The predicted molar refractivity (Wildman–Crippen MR) is 97.8 cm³/mol. The number of phenols is 1. The van der Waals surface area contributed by atoms with E-state index in [9.17, 15) is 19.5 Å². The van der Waals surface area contributed by atoms with Crippen molar-refractivity contribution in [1.82, 2.24) is 14.8 Å². The van der Waals surface area contributed by atoms with E-state index in [2.05, 4.69) is 4.98 Å². The molecule has 2 aromatic rings. The fourth-order valence-electron chi connectivity index (χ4n) is 3.14. The van der Waals surface area contributed by atoms with Crippen molar-refractivity contribution in [2.45, 2.75) is 13.0 Å². The second-order valence-corrected chi connectivity index (χ2v) is 6.70. The Bertz CT molecular complexity index is 836. The van der Waals surface area contributed by atoms with Gasteiger partial charge >= 0.3 is 0 Å². The second-order valence-electron chi connectivity index (χ2n) is 6.70. The predicted octanol–water partition coefficient (Wildman–Crippen LogP) is 1.48. The van der Waals surface area contributed by atoms with Gasteiger partial charge in [0, 0.05) is 44.5 Å². The minimum absolute atomic E-state index is 0.0663. The molecular formula is C20H21N3O4. The first-order valence-corrected chi connectivity index (χ1v) is 8.68. The number of pyridine rings is 1. The molecule has 1 saturated heterocycles. The van der Waals surface area contributed by atoms with E-state index in [0.717, 1.165) is 5.56 Å². The highest BCUT2D eigenvalue weighted by molar-refractivity contribution is 6.00. The number of rotatable bonds is 6. The summed E-state index contributed by atoms with van der Waals surface area (Å²) in [6, 6.07) is 9.58. The Hall–Kier alpha value is -3.22. The van der Waals surface area contributed by atoms with Gasteiger partial charge in [0.05, 0.1) is 12.5 Å². The number of carbonyl (C=O) groups is 3. The van der Waals surface area contributed by atoms with Crippen molar-refractivity contribution in [3.05, 3.63) is 59.9 Å². The summed E-state index contributed by atoms with van der Waals surface area (Å²) in [4.78, 5) is 44.2. The molecule has 7 heteroatoms. The molecule has 1 aliphatic heterocycles. The Morgan fingerprint density at radius 1 is 1.19 bits per heavy atom. The van der Waals surface area contributed by atoms with Gasteiger partial charge in [-0.3, -0.25) is 19.4 Å². The van der Waals surface area contributed by atoms with Crippen LogP contribution in [0.1, 0.15) is 22.3 Å². The molecular weight excluding hydrogens is 346 g/mol. The van der Waals surface area contributed by atoms with E-state index in [1.165, 1.54) is 29.2 Å². The monoisotopic (exact) mass is 367 g/mol. The molecule has 27 heavy (non-hydrogen) atoms. The van der Waals surface area contributed by atoms with Gasteiger partial charge in [0.25, 0.3) is 0 Å². The third-order valence-electron chi connectivity index (χ3n) is 4.63. The van der Waals surface area contributed by atoms with Crippen LogP contribution in [0.2, 0.25) is 0 Å². The normalized spacial score (nSPS) is 16.4.